The minimum Gasteiger partial charge on any atom is -0.301 e. The fourth-order valence-corrected chi connectivity index (χ4v) is 1.23. The lowest BCUT2D eigenvalue weighted by atomic mass is 10.4. The third kappa shape index (κ3) is 1.88. The van der Waals surface area contributed by atoms with Gasteiger partial charge in [0.15, 0.2) is 0 Å². The van der Waals surface area contributed by atoms with Crippen LogP contribution in [0.3, 0.4) is 0 Å². The van der Waals surface area contributed by atoms with Gasteiger partial charge >= 0.3 is 5.69 Å². The third-order valence-corrected chi connectivity index (χ3v) is 1.93. The van der Waals surface area contributed by atoms with E-state index in [0.29, 0.717) is 13.1 Å². The molecule has 0 unspecified atom stereocenters. The molecule has 0 bridgehead atoms. The van der Waals surface area contributed by atoms with Gasteiger partial charge in [0.2, 0.25) is 0 Å². The molecule has 0 aromatic carbocycles. The van der Waals surface area contributed by atoms with Gasteiger partial charge in [0.1, 0.15) is 0 Å². The number of aryl methyl sites for hydroxylation is 1. The smallest absolute Gasteiger partial charge is 0.301 e. The van der Waals surface area contributed by atoms with Gasteiger partial charge in [0, 0.05) is 25.4 Å². The van der Waals surface area contributed by atoms with Crippen molar-refractivity contribution in [3.05, 3.63) is 33.1 Å². The molecule has 4 heteroatoms. The van der Waals surface area contributed by atoms with Crippen LogP contribution in [0, 0.1) is 0 Å². The van der Waals surface area contributed by atoms with E-state index in [4.69, 9.17) is 0 Å². The first-order valence-electron chi connectivity index (χ1n) is 4.51. The highest BCUT2D eigenvalue weighted by atomic mass is 16.2. The van der Waals surface area contributed by atoms with E-state index in [0.717, 1.165) is 6.42 Å². The van der Waals surface area contributed by atoms with Crippen LogP contribution in [-0.2, 0) is 13.1 Å². The van der Waals surface area contributed by atoms with E-state index in [1.54, 1.807) is 0 Å². The van der Waals surface area contributed by atoms with E-state index in [1.165, 1.54) is 21.4 Å². The van der Waals surface area contributed by atoms with Crippen LogP contribution in [0.5, 0.6) is 0 Å². The van der Waals surface area contributed by atoms with Crippen LogP contribution < -0.4 is 11.2 Å². The second-order valence-electron chi connectivity index (χ2n) is 2.87. The van der Waals surface area contributed by atoms with Gasteiger partial charge in [-0.3, -0.25) is 9.36 Å². The van der Waals surface area contributed by atoms with E-state index in [1.807, 2.05) is 13.8 Å². The summed E-state index contributed by atoms with van der Waals surface area (Å²) in [6.07, 6.45) is 2.33. The normalized spacial score (nSPS) is 10.3. The molecule has 0 fully saturated rings. The SMILES string of the molecule is CCCn1c(=O)ccn(CC)c1=O. The highest BCUT2D eigenvalue weighted by Crippen LogP contribution is 1.81. The summed E-state index contributed by atoms with van der Waals surface area (Å²) < 4.78 is 2.79. The van der Waals surface area contributed by atoms with Crippen LogP contribution in [0.25, 0.3) is 0 Å². The molecule has 1 heterocycles. The predicted octanol–water partition coefficient (Wildman–Crippen LogP) is 0.440. The third-order valence-electron chi connectivity index (χ3n) is 1.93. The average molecular weight is 182 g/mol. The van der Waals surface area contributed by atoms with Crippen molar-refractivity contribution >= 4 is 0 Å². The Hall–Kier alpha value is -1.32. The maximum atomic E-state index is 11.5. The fourth-order valence-electron chi connectivity index (χ4n) is 1.23. The van der Waals surface area contributed by atoms with E-state index < -0.39 is 0 Å². The second kappa shape index (κ2) is 4.07. The second-order valence-corrected chi connectivity index (χ2v) is 2.87. The van der Waals surface area contributed by atoms with E-state index in [2.05, 4.69) is 0 Å². The highest BCUT2D eigenvalue weighted by Gasteiger charge is 2.01. The molecule has 0 aliphatic carbocycles. The lowest BCUT2D eigenvalue weighted by molar-refractivity contribution is 0.558. The zero-order valence-electron chi connectivity index (χ0n) is 7.99. The van der Waals surface area contributed by atoms with E-state index in [-0.39, 0.29) is 11.2 Å². The molecule has 0 atom stereocenters. The summed E-state index contributed by atoms with van der Waals surface area (Å²) in [5, 5.41) is 0. The van der Waals surface area contributed by atoms with Gasteiger partial charge in [-0.1, -0.05) is 6.92 Å². The van der Waals surface area contributed by atoms with Crippen molar-refractivity contribution in [2.75, 3.05) is 0 Å². The quantitative estimate of drug-likeness (QED) is 0.680. The first-order chi connectivity index (χ1) is 6.20. The maximum absolute atomic E-state index is 11.5. The predicted molar refractivity (Wildman–Crippen MR) is 50.9 cm³/mol. The molecular formula is C9H14N2O2. The van der Waals surface area contributed by atoms with Crippen molar-refractivity contribution in [1.82, 2.24) is 9.13 Å². The topological polar surface area (TPSA) is 44.0 Å². The Labute approximate surface area is 76.4 Å². The Balaban J connectivity index is 3.31. The first-order valence-corrected chi connectivity index (χ1v) is 4.51. The number of nitrogens with zero attached hydrogens (tertiary/aromatic N) is 2. The van der Waals surface area contributed by atoms with Crippen molar-refractivity contribution in [1.29, 1.82) is 0 Å². The lowest BCUT2D eigenvalue weighted by Gasteiger charge is -2.05. The van der Waals surface area contributed by atoms with Gasteiger partial charge in [-0.25, -0.2) is 4.79 Å². The Morgan fingerprint density at radius 2 is 2.00 bits per heavy atom. The van der Waals surface area contributed by atoms with Gasteiger partial charge in [0.25, 0.3) is 5.56 Å². The fraction of sp³-hybridized carbons (Fsp3) is 0.556. The minimum absolute atomic E-state index is 0.211. The zero-order valence-corrected chi connectivity index (χ0v) is 7.99. The van der Waals surface area contributed by atoms with E-state index >= 15 is 0 Å². The van der Waals surface area contributed by atoms with Crippen molar-refractivity contribution in [3.63, 3.8) is 0 Å². The molecule has 1 aromatic rings. The van der Waals surface area contributed by atoms with Crippen molar-refractivity contribution in [2.24, 2.45) is 0 Å². The first kappa shape index (κ1) is 9.77. The summed E-state index contributed by atoms with van der Waals surface area (Å²) in [5.41, 5.74) is -0.423. The monoisotopic (exact) mass is 182 g/mol. The number of hydrogen-bond donors (Lipinski definition) is 0. The summed E-state index contributed by atoms with van der Waals surface area (Å²) in [5.74, 6) is 0. The van der Waals surface area contributed by atoms with Gasteiger partial charge in [-0.2, -0.15) is 0 Å². The molecule has 0 saturated carbocycles. The van der Waals surface area contributed by atoms with Gasteiger partial charge < -0.3 is 4.57 Å². The number of aromatic nitrogens is 2. The molecule has 0 saturated heterocycles. The van der Waals surface area contributed by atoms with Crippen LogP contribution in [-0.4, -0.2) is 9.13 Å². The average Bonchev–Trinajstić information content (AvgIpc) is 2.12. The summed E-state index contributed by atoms with van der Waals surface area (Å²) in [4.78, 5) is 22.8. The molecule has 0 aliphatic heterocycles. The molecule has 1 rings (SSSR count). The number of rotatable bonds is 3. The molecule has 0 N–H and O–H groups in total. The Bertz CT molecular complexity index is 389. The van der Waals surface area contributed by atoms with Crippen LogP contribution in [0.1, 0.15) is 20.3 Å². The van der Waals surface area contributed by atoms with Crippen LogP contribution in [0.2, 0.25) is 0 Å². The molecule has 4 nitrogen and oxygen atoms in total. The Kier molecular flexibility index (Phi) is 3.06. The molecule has 1 aromatic heterocycles. The van der Waals surface area contributed by atoms with Gasteiger partial charge in [-0.15, -0.1) is 0 Å². The summed E-state index contributed by atoms with van der Waals surface area (Å²) in [6.45, 7) is 4.92. The van der Waals surface area contributed by atoms with Gasteiger partial charge in [-0.05, 0) is 13.3 Å². The maximum Gasteiger partial charge on any atom is 0.330 e. The number of hydrogen-bond acceptors (Lipinski definition) is 2. The zero-order chi connectivity index (χ0) is 9.84. The Morgan fingerprint density at radius 1 is 1.31 bits per heavy atom. The molecule has 0 spiro atoms. The standard InChI is InChI=1S/C9H14N2O2/c1-3-6-11-8(12)5-7-10(4-2)9(11)13/h5,7H,3-4,6H2,1-2H3. The minimum atomic E-state index is -0.212. The van der Waals surface area contributed by atoms with Crippen LogP contribution in [0.15, 0.2) is 21.9 Å². The van der Waals surface area contributed by atoms with E-state index in [9.17, 15) is 9.59 Å². The lowest BCUT2D eigenvalue weighted by Crippen LogP contribution is -2.38. The van der Waals surface area contributed by atoms with Crippen molar-refractivity contribution in [2.45, 2.75) is 33.4 Å². The Morgan fingerprint density at radius 3 is 2.54 bits per heavy atom. The molecule has 0 radical (unpaired) electrons. The van der Waals surface area contributed by atoms with Crippen LogP contribution >= 0.6 is 0 Å². The largest absolute Gasteiger partial charge is 0.330 e. The van der Waals surface area contributed by atoms with Crippen molar-refractivity contribution < 1.29 is 0 Å². The summed E-state index contributed by atoms with van der Waals surface area (Å²) >= 11 is 0. The molecule has 72 valence electrons. The summed E-state index contributed by atoms with van der Waals surface area (Å²) in [6, 6.07) is 1.43. The molecule has 0 aliphatic rings. The highest BCUT2D eigenvalue weighted by molar-refractivity contribution is 4.85. The molecule has 13 heavy (non-hydrogen) atoms. The van der Waals surface area contributed by atoms with Crippen molar-refractivity contribution in [3.8, 4) is 0 Å². The molecular weight excluding hydrogens is 168 g/mol. The molecule has 0 amide bonds. The summed E-state index contributed by atoms with van der Waals surface area (Å²) in [7, 11) is 0. The van der Waals surface area contributed by atoms with Gasteiger partial charge in [0.05, 0.1) is 0 Å². The van der Waals surface area contributed by atoms with Crippen LogP contribution in [0.4, 0.5) is 0 Å².